The Morgan fingerprint density at radius 2 is 2.05 bits per heavy atom. The molecule has 0 spiro atoms. The van der Waals surface area contributed by atoms with Gasteiger partial charge in [-0.25, -0.2) is 4.98 Å². The normalized spacial score (nSPS) is 15.1. The maximum absolute atomic E-state index is 12.1. The number of likely N-dealkylation sites (tertiary alicyclic amines) is 1. The third kappa shape index (κ3) is 4.88. The van der Waals surface area contributed by atoms with Gasteiger partial charge in [-0.2, -0.15) is 4.98 Å². The van der Waals surface area contributed by atoms with Gasteiger partial charge in [0.25, 0.3) is 0 Å². The first-order valence-electron chi connectivity index (χ1n) is 7.58. The van der Waals surface area contributed by atoms with Crippen molar-refractivity contribution in [2.24, 2.45) is 0 Å². The molecule has 1 aliphatic rings. The number of ether oxygens (including phenoxy) is 1. The number of rotatable bonds is 5. The Morgan fingerprint density at radius 1 is 1.33 bits per heavy atom. The van der Waals surface area contributed by atoms with E-state index in [1.807, 2.05) is 25.7 Å². The van der Waals surface area contributed by atoms with Crippen molar-refractivity contribution in [3.05, 3.63) is 11.8 Å². The molecule has 2 heterocycles. The number of hydrogen-bond donors (Lipinski definition) is 1. The highest BCUT2D eigenvalue weighted by Crippen LogP contribution is 2.14. The van der Waals surface area contributed by atoms with E-state index in [4.69, 9.17) is 4.74 Å². The van der Waals surface area contributed by atoms with Crippen molar-refractivity contribution in [3.63, 3.8) is 0 Å². The lowest BCUT2D eigenvalue weighted by molar-refractivity contribution is -0.130. The Labute approximate surface area is 125 Å². The van der Waals surface area contributed by atoms with Crippen LogP contribution in [0.4, 0.5) is 5.95 Å². The summed E-state index contributed by atoms with van der Waals surface area (Å²) in [6, 6.07) is 1.79. The number of carbonyl (C=O) groups excluding carboxylic acids is 1. The number of anilines is 1. The van der Waals surface area contributed by atoms with Gasteiger partial charge in [0, 0.05) is 24.8 Å². The first kappa shape index (κ1) is 15.5. The van der Waals surface area contributed by atoms with Crippen LogP contribution in [0.25, 0.3) is 0 Å². The monoisotopic (exact) mass is 292 g/mol. The molecule has 1 aromatic heterocycles. The molecule has 1 saturated heterocycles. The lowest BCUT2D eigenvalue weighted by Gasteiger charge is -2.26. The van der Waals surface area contributed by atoms with Crippen LogP contribution >= 0.6 is 0 Å². The molecule has 116 valence electrons. The van der Waals surface area contributed by atoms with Gasteiger partial charge < -0.3 is 15.0 Å². The van der Waals surface area contributed by atoms with Gasteiger partial charge in [-0.3, -0.25) is 4.79 Å². The summed E-state index contributed by atoms with van der Waals surface area (Å²) in [5, 5.41) is 3.00. The highest BCUT2D eigenvalue weighted by Gasteiger charge is 2.16. The summed E-state index contributed by atoms with van der Waals surface area (Å²) < 4.78 is 5.57. The van der Waals surface area contributed by atoms with E-state index in [0.717, 1.165) is 31.6 Å². The molecular weight excluding hydrogens is 268 g/mol. The molecule has 0 radical (unpaired) electrons. The van der Waals surface area contributed by atoms with Gasteiger partial charge in [-0.1, -0.05) is 0 Å². The van der Waals surface area contributed by atoms with Crippen molar-refractivity contribution in [2.75, 3.05) is 25.0 Å². The lowest BCUT2D eigenvalue weighted by atomic mass is 10.1. The maximum Gasteiger partial charge on any atom is 0.241 e. The van der Waals surface area contributed by atoms with E-state index in [2.05, 4.69) is 15.3 Å². The largest absolute Gasteiger partial charge is 0.475 e. The van der Waals surface area contributed by atoms with Crippen LogP contribution in [0.1, 0.15) is 38.8 Å². The molecule has 6 heteroatoms. The number of nitrogens with zero attached hydrogens (tertiary/aromatic N) is 3. The van der Waals surface area contributed by atoms with Crippen LogP contribution in [0.2, 0.25) is 0 Å². The van der Waals surface area contributed by atoms with Gasteiger partial charge in [0.2, 0.25) is 17.7 Å². The Hall–Kier alpha value is -1.85. The van der Waals surface area contributed by atoms with E-state index >= 15 is 0 Å². The quantitative estimate of drug-likeness (QED) is 0.899. The third-order valence-corrected chi connectivity index (χ3v) is 3.29. The van der Waals surface area contributed by atoms with Gasteiger partial charge in [0.15, 0.2) is 0 Å². The van der Waals surface area contributed by atoms with E-state index in [-0.39, 0.29) is 18.6 Å². The first-order valence-corrected chi connectivity index (χ1v) is 7.58. The molecule has 2 rings (SSSR count). The van der Waals surface area contributed by atoms with Crippen LogP contribution in [0.3, 0.4) is 0 Å². The van der Waals surface area contributed by atoms with Crippen LogP contribution in [0.5, 0.6) is 5.88 Å². The van der Waals surface area contributed by atoms with Gasteiger partial charge in [0.05, 0.1) is 12.6 Å². The molecule has 1 aromatic rings. The second kappa shape index (κ2) is 7.24. The Balaban J connectivity index is 1.92. The average Bonchev–Trinajstić information content (AvgIpc) is 2.44. The predicted octanol–water partition coefficient (Wildman–Crippen LogP) is 2.00. The highest BCUT2D eigenvalue weighted by atomic mass is 16.5. The van der Waals surface area contributed by atoms with Crippen LogP contribution in [0, 0.1) is 6.92 Å². The van der Waals surface area contributed by atoms with E-state index in [0.29, 0.717) is 11.8 Å². The Bertz CT molecular complexity index is 485. The number of aryl methyl sites for hydroxylation is 1. The fourth-order valence-electron chi connectivity index (χ4n) is 2.33. The summed E-state index contributed by atoms with van der Waals surface area (Å²) in [6.45, 7) is 7.72. The molecule has 1 amide bonds. The average molecular weight is 292 g/mol. The zero-order valence-electron chi connectivity index (χ0n) is 13.1. The van der Waals surface area contributed by atoms with Crippen LogP contribution in [-0.4, -0.2) is 46.5 Å². The van der Waals surface area contributed by atoms with Crippen molar-refractivity contribution in [1.29, 1.82) is 0 Å². The third-order valence-electron chi connectivity index (χ3n) is 3.29. The van der Waals surface area contributed by atoms with Gasteiger partial charge in [0.1, 0.15) is 0 Å². The van der Waals surface area contributed by atoms with Gasteiger partial charge in [-0.05, 0) is 40.0 Å². The fourth-order valence-corrected chi connectivity index (χ4v) is 2.33. The SMILES string of the molecule is Cc1cc(OC(C)C)nc(NCC(=O)N2CCCCC2)n1. The van der Waals surface area contributed by atoms with Gasteiger partial charge in [-0.15, -0.1) is 0 Å². The number of carbonyl (C=O) groups is 1. The standard InChI is InChI=1S/C15H24N4O2/c1-11(2)21-13-9-12(3)17-15(18-13)16-10-14(20)19-7-5-4-6-8-19/h9,11H,4-8,10H2,1-3H3,(H,16,17,18). The summed E-state index contributed by atoms with van der Waals surface area (Å²) in [5.41, 5.74) is 0.813. The molecular formula is C15H24N4O2. The van der Waals surface area contributed by atoms with Crippen LogP contribution in [-0.2, 0) is 4.79 Å². The second-order valence-corrected chi connectivity index (χ2v) is 5.63. The smallest absolute Gasteiger partial charge is 0.241 e. The molecule has 6 nitrogen and oxygen atoms in total. The molecule has 0 aliphatic carbocycles. The topological polar surface area (TPSA) is 67.3 Å². The minimum Gasteiger partial charge on any atom is -0.475 e. The predicted molar refractivity (Wildman–Crippen MR) is 81.5 cm³/mol. The maximum atomic E-state index is 12.1. The van der Waals surface area contributed by atoms with Crippen molar-refractivity contribution in [3.8, 4) is 5.88 Å². The summed E-state index contributed by atoms with van der Waals surface area (Å²) in [7, 11) is 0. The van der Waals surface area contributed by atoms with Crippen molar-refractivity contribution in [2.45, 2.75) is 46.1 Å². The molecule has 0 saturated carbocycles. The summed E-state index contributed by atoms with van der Waals surface area (Å²) >= 11 is 0. The first-order chi connectivity index (χ1) is 10.0. The summed E-state index contributed by atoms with van der Waals surface area (Å²) in [4.78, 5) is 22.6. The highest BCUT2D eigenvalue weighted by molar-refractivity contribution is 5.80. The molecule has 1 fully saturated rings. The molecule has 0 aromatic carbocycles. The minimum atomic E-state index is 0.0575. The van der Waals surface area contributed by atoms with E-state index in [1.54, 1.807) is 6.07 Å². The molecule has 1 N–H and O–H groups in total. The fraction of sp³-hybridized carbons (Fsp3) is 0.667. The number of nitrogens with one attached hydrogen (secondary N) is 1. The minimum absolute atomic E-state index is 0.0575. The molecule has 0 atom stereocenters. The molecule has 21 heavy (non-hydrogen) atoms. The number of hydrogen-bond acceptors (Lipinski definition) is 5. The van der Waals surface area contributed by atoms with Crippen molar-refractivity contribution < 1.29 is 9.53 Å². The van der Waals surface area contributed by atoms with E-state index < -0.39 is 0 Å². The van der Waals surface area contributed by atoms with Crippen molar-refractivity contribution in [1.82, 2.24) is 14.9 Å². The summed E-state index contributed by atoms with van der Waals surface area (Å²) in [5.74, 6) is 1.08. The zero-order chi connectivity index (χ0) is 15.2. The zero-order valence-corrected chi connectivity index (χ0v) is 13.1. The van der Waals surface area contributed by atoms with Crippen molar-refractivity contribution >= 4 is 11.9 Å². The number of piperidine rings is 1. The second-order valence-electron chi connectivity index (χ2n) is 5.63. The summed E-state index contributed by atoms with van der Waals surface area (Å²) in [6.07, 6.45) is 3.47. The van der Waals surface area contributed by atoms with E-state index in [1.165, 1.54) is 6.42 Å². The van der Waals surface area contributed by atoms with E-state index in [9.17, 15) is 4.79 Å². The molecule has 1 aliphatic heterocycles. The Morgan fingerprint density at radius 3 is 2.71 bits per heavy atom. The van der Waals surface area contributed by atoms with Crippen LogP contribution < -0.4 is 10.1 Å². The Kier molecular flexibility index (Phi) is 5.36. The molecule has 0 bridgehead atoms. The number of amides is 1. The van der Waals surface area contributed by atoms with Gasteiger partial charge >= 0.3 is 0 Å². The molecule has 0 unspecified atom stereocenters. The number of aromatic nitrogens is 2. The lowest BCUT2D eigenvalue weighted by Crippen LogP contribution is -2.39. The van der Waals surface area contributed by atoms with Crippen LogP contribution in [0.15, 0.2) is 6.07 Å².